The van der Waals surface area contributed by atoms with Crippen LogP contribution in [0.2, 0.25) is 0 Å². The minimum absolute atomic E-state index is 0. The third-order valence-corrected chi connectivity index (χ3v) is 9.34. The monoisotopic (exact) mass is 923 g/mol. The van der Waals surface area contributed by atoms with Gasteiger partial charge in [0.2, 0.25) is 0 Å². The molecule has 0 aliphatic carbocycles. The average Bonchev–Trinajstić information content (AvgIpc) is 3.06. The number of hydrogen-bond donors (Lipinski definition) is 3. The maximum atomic E-state index is 12.6. The Bertz CT molecular complexity index is 3350. The maximum absolute atomic E-state index is 12.6. The molecule has 0 atom stereocenters. The highest BCUT2D eigenvalue weighted by Crippen LogP contribution is 2.45. The van der Waals surface area contributed by atoms with Gasteiger partial charge in [0.1, 0.15) is 39.0 Å². The summed E-state index contributed by atoms with van der Waals surface area (Å²) < 4.78 is 21.9. The Balaban J connectivity index is -0.000000137. The van der Waals surface area contributed by atoms with Crippen molar-refractivity contribution >= 4 is 87.0 Å². The van der Waals surface area contributed by atoms with E-state index in [1.165, 1.54) is 18.2 Å². The van der Waals surface area contributed by atoms with Crippen LogP contribution in [0, 0.1) is 20.8 Å². The normalized spacial score (nSPS) is 9.14. The number of phenolic OH excluding ortho intramolecular Hbond substituents is 2. The van der Waals surface area contributed by atoms with E-state index in [1.54, 1.807) is 43.3 Å². The maximum Gasteiger partial charge on any atom is 0.348 e. The van der Waals surface area contributed by atoms with Crippen molar-refractivity contribution in [2.45, 2.75) is 140 Å². The molecule has 11 heteroatoms. The van der Waals surface area contributed by atoms with Crippen LogP contribution in [0.25, 0.3) is 87.0 Å². The van der Waals surface area contributed by atoms with Crippen molar-refractivity contribution in [1.29, 1.82) is 0 Å². The first kappa shape index (κ1) is 76.4. The molecule has 0 unspecified atom stereocenters. The van der Waals surface area contributed by atoms with E-state index in [0.717, 1.165) is 16.7 Å². The molecule has 0 amide bonds. The summed E-state index contributed by atoms with van der Waals surface area (Å²) in [6.07, 6.45) is 0. The minimum Gasteiger partial charge on any atom is -0.506 e. The summed E-state index contributed by atoms with van der Waals surface area (Å²) in [6.45, 7) is 5.46. The lowest BCUT2D eigenvalue weighted by Crippen LogP contribution is -2.07. The second-order valence-electron chi connectivity index (χ2n) is 12.5. The van der Waals surface area contributed by atoms with Crippen molar-refractivity contribution < 1.29 is 33.0 Å². The molecule has 0 aliphatic rings. The summed E-state index contributed by atoms with van der Waals surface area (Å²) in [7, 11) is 0. The molecule has 10 rings (SSSR count). The largest absolute Gasteiger partial charge is 0.506 e. The van der Waals surface area contributed by atoms with Gasteiger partial charge < -0.3 is 33.0 Å². The first-order valence-corrected chi connectivity index (χ1v) is 15.4. The van der Waals surface area contributed by atoms with Crippen molar-refractivity contribution in [3.8, 4) is 17.4 Å². The van der Waals surface area contributed by atoms with Crippen LogP contribution in [-0.4, -0.2) is 15.3 Å². The van der Waals surface area contributed by atoms with E-state index in [2.05, 4.69) is 0 Å². The summed E-state index contributed by atoms with van der Waals surface area (Å²) >= 11 is 0. The molecule has 0 spiro atoms. The number of hydrogen-bond acceptors (Lipinski definition) is 11. The molecule has 6 aromatic carbocycles. The number of fused-ring (bicyclic) bond motifs is 4. The molecule has 0 saturated carbocycles. The summed E-state index contributed by atoms with van der Waals surface area (Å²) in [6, 6.07) is 16.4. The van der Waals surface area contributed by atoms with Crippen molar-refractivity contribution in [3.63, 3.8) is 0 Å². The topological polar surface area (TPSA) is 182 Å². The second kappa shape index (κ2) is 26.2. The Kier molecular flexibility index (Phi) is 30.3. The molecular weight excluding hydrogens is 837 g/mol. The van der Waals surface area contributed by atoms with E-state index in [0.29, 0.717) is 48.9 Å². The highest BCUT2D eigenvalue weighted by molar-refractivity contribution is 6.29. The summed E-state index contributed by atoms with van der Waals surface area (Å²) in [4.78, 5) is 50.0. The number of aryl methyl sites for hydroxylation is 3. The van der Waals surface area contributed by atoms with E-state index in [9.17, 15) is 34.5 Å². The van der Waals surface area contributed by atoms with Gasteiger partial charge >= 0.3 is 16.9 Å². The van der Waals surface area contributed by atoms with Crippen LogP contribution in [-0.2, 0) is 0 Å². The fourth-order valence-corrected chi connectivity index (χ4v) is 7.30. The molecule has 0 fully saturated rings. The van der Waals surface area contributed by atoms with Crippen molar-refractivity contribution in [2.75, 3.05) is 0 Å². The van der Waals surface area contributed by atoms with Crippen molar-refractivity contribution in [1.82, 2.24) is 0 Å². The second-order valence-corrected chi connectivity index (χ2v) is 12.5. The highest BCUT2D eigenvalue weighted by Gasteiger charge is 2.26. The first-order valence-electron chi connectivity index (χ1n) is 15.4. The van der Waals surface area contributed by atoms with Crippen LogP contribution >= 0.6 is 0 Å². The van der Waals surface area contributed by atoms with E-state index >= 15 is 0 Å². The van der Waals surface area contributed by atoms with Gasteiger partial charge in [0.25, 0.3) is 5.95 Å². The quantitative estimate of drug-likeness (QED) is 0.0748. The van der Waals surface area contributed by atoms with Crippen LogP contribution in [0.4, 0.5) is 0 Å². The van der Waals surface area contributed by atoms with E-state index in [4.69, 9.17) is 17.7 Å². The summed E-state index contributed by atoms with van der Waals surface area (Å²) in [5.74, 6) is -0.872. The van der Waals surface area contributed by atoms with Gasteiger partial charge in [0.05, 0.1) is 16.2 Å². The van der Waals surface area contributed by atoms with Crippen LogP contribution in [0.15, 0.2) is 97.5 Å². The molecule has 10 aromatic rings. The molecule has 0 aliphatic heterocycles. The van der Waals surface area contributed by atoms with Crippen molar-refractivity contribution in [2.24, 2.45) is 0 Å². The number of phenols is 2. The summed E-state index contributed by atoms with van der Waals surface area (Å²) in [5.41, 5.74) is 1.06. The lowest BCUT2D eigenvalue weighted by molar-refractivity contribution is 0.348. The van der Waals surface area contributed by atoms with Gasteiger partial charge in [-0.2, -0.15) is 0 Å². The first-order chi connectivity index (χ1) is 23.9. The van der Waals surface area contributed by atoms with Gasteiger partial charge in [0, 0.05) is 37.7 Å². The third kappa shape index (κ3) is 10.2. The van der Waals surface area contributed by atoms with E-state index in [1.807, 2.05) is 19.9 Å². The zero-order valence-electron chi connectivity index (χ0n) is 26.4. The summed E-state index contributed by atoms with van der Waals surface area (Å²) in [5, 5.41) is 35.3. The Labute approximate surface area is 394 Å². The van der Waals surface area contributed by atoms with E-state index < -0.39 is 16.9 Å². The Hall–Kier alpha value is -6.88. The minimum atomic E-state index is -0.735. The Morgan fingerprint density at radius 2 is 0.758 bits per heavy atom. The van der Waals surface area contributed by atoms with E-state index in [-0.39, 0.29) is 180 Å². The molecule has 0 bridgehead atoms. The van der Waals surface area contributed by atoms with Crippen LogP contribution in [0.5, 0.6) is 17.4 Å². The average molecular weight is 923 g/mol. The Morgan fingerprint density at radius 1 is 0.364 bits per heavy atom. The lowest BCUT2D eigenvalue weighted by atomic mass is 9.95. The smallest absolute Gasteiger partial charge is 0.348 e. The molecule has 4 aromatic heterocycles. The van der Waals surface area contributed by atoms with Gasteiger partial charge in [-0.3, -0.25) is 4.79 Å². The third-order valence-electron chi connectivity index (χ3n) is 9.34. The predicted molar refractivity (Wildman–Crippen MR) is 296 cm³/mol. The molecule has 0 radical (unpaired) electrons. The van der Waals surface area contributed by atoms with Gasteiger partial charge in [-0.1, -0.05) is 149 Å². The fraction of sp³-hybridized carbons (Fsp3) is 0.345. The number of benzene rings is 6. The van der Waals surface area contributed by atoms with Gasteiger partial charge in [-0.15, -0.1) is 0 Å². The molecule has 4 heterocycles. The molecule has 372 valence electrons. The van der Waals surface area contributed by atoms with Crippen molar-refractivity contribution in [3.05, 3.63) is 119 Å². The zero-order chi connectivity index (χ0) is 34.9. The lowest BCUT2D eigenvalue weighted by Gasteiger charge is -2.13. The Morgan fingerprint density at radius 3 is 1.23 bits per heavy atom. The van der Waals surface area contributed by atoms with Crippen LogP contribution in [0.3, 0.4) is 0 Å². The van der Waals surface area contributed by atoms with Gasteiger partial charge in [0.15, 0.2) is 11.0 Å². The molecule has 11 nitrogen and oxygen atoms in total. The van der Waals surface area contributed by atoms with Crippen LogP contribution in [0.1, 0.15) is 136 Å². The van der Waals surface area contributed by atoms with Gasteiger partial charge in [-0.05, 0) is 67.8 Å². The zero-order valence-corrected chi connectivity index (χ0v) is 26.4. The fourth-order valence-electron chi connectivity index (χ4n) is 7.30. The standard InChI is InChI=1S/C20H12O5.C19H10O6.16CH4/c1-8-6-11-14-12(7-8)24-20(23)16-15(14)18(25-19(11)22)13-9(2)4-3-5-10(13)17(16)21;1-7-5-9-13-11(6-7)24-19(23)15-14(13)17(25-18(9)22)12-8(16(15)21)3-2-4-10(12)20;;;;;;;;;;;;;;;;/h3-7,21H,1-2H3;2-6,21-22H,1H3;16*1H4. The molecular formula is C55H86O11. The molecule has 3 N–H and O–H groups in total. The molecule has 66 heavy (non-hydrogen) atoms. The highest BCUT2D eigenvalue weighted by atomic mass is 16.5. The van der Waals surface area contributed by atoms with Crippen LogP contribution < -0.4 is 22.3 Å². The SMILES string of the molecule is C.C.C.C.C.C.C.C.C.C.C.C.C.C.C.C.Cc1cc2oc(=O)c3c(O)c4cccc(=O)c4c4oc(O)c(c1)c2c34.Cc1cc2oc(=O)c3c(O)c4cccc(C)c4c4oc(=O)c(c1)c2c34. The number of rotatable bonds is 0. The number of aromatic hydroxyl groups is 3. The predicted octanol–water partition coefficient (Wildman–Crippen LogP) is 17.5. The van der Waals surface area contributed by atoms with Gasteiger partial charge in [-0.25, -0.2) is 14.4 Å². The molecule has 0 saturated heterocycles.